The van der Waals surface area contributed by atoms with Gasteiger partial charge in [-0.3, -0.25) is 10.6 Å². The van der Waals surface area contributed by atoms with Gasteiger partial charge in [-0.15, -0.1) is 11.3 Å². The van der Waals surface area contributed by atoms with Crippen LogP contribution in [0.4, 0.5) is 24.4 Å². The summed E-state index contributed by atoms with van der Waals surface area (Å²) in [5.41, 5.74) is 0.694. The fourth-order valence-electron chi connectivity index (χ4n) is 1.84. The number of rotatable bonds is 5. The van der Waals surface area contributed by atoms with Crippen LogP contribution in [0.5, 0.6) is 6.01 Å². The lowest BCUT2D eigenvalue weighted by Crippen LogP contribution is -2.20. The lowest BCUT2D eigenvalue weighted by atomic mass is 10.2. The molecule has 0 radical (unpaired) electrons. The highest BCUT2D eigenvalue weighted by molar-refractivity contribution is 7.14. The Bertz CT molecular complexity index is 857. The molecule has 2 N–H and O–H groups in total. The molecule has 128 valence electrons. The van der Waals surface area contributed by atoms with Crippen molar-refractivity contribution in [3.63, 3.8) is 0 Å². The number of amides is 2. The molecule has 0 saturated carbocycles. The average Bonchev–Trinajstić information content (AvgIpc) is 3.10. The zero-order valence-electron chi connectivity index (χ0n) is 12.7. The minimum Gasteiger partial charge on any atom is -0.459 e. The van der Waals surface area contributed by atoms with Gasteiger partial charge in [0.15, 0.2) is 11.6 Å². The maximum atomic E-state index is 13.8. The number of anilines is 2. The van der Waals surface area contributed by atoms with Crippen molar-refractivity contribution < 1.29 is 18.3 Å². The van der Waals surface area contributed by atoms with Crippen LogP contribution < -0.4 is 15.4 Å². The van der Waals surface area contributed by atoms with Crippen molar-refractivity contribution in [1.82, 2.24) is 9.97 Å². The van der Waals surface area contributed by atoms with Crippen LogP contribution in [0.25, 0.3) is 0 Å². The number of benzene rings is 1. The number of halogens is 2. The van der Waals surface area contributed by atoms with Crippen LogP contribution >= 0.6 is 11.3 Å². The van der Waals surface area contributed by atoms with E-state index in [1.807, 2.05) is 0 Å². The molecule has 0 unspecified atom stereocenters. The Hall–Kier alpha value is -3.07. The summed E-state index contributed by atoms with van der Waals surface area (Å²) in [6.45, 7) is 0.0761. The maximum Gasteiger partial charge on any atom is 0.325 e. The van der Waals surface area contributed by atoms with Crippen molar-refractivity contribution in [3.8, 4) is 6.01 Å². The molecule has 0 spiro atoms. The van der Waals surface area contributed by atoms with Gasteiger partial charge in [-0.25, -0.2) is 18.6 Å². The Kier molecular flexibility index (Phi) is 5.14. The number of hydrogen-bond donors (Lipinski definition) is 2. The van der Waals surface area contributed by atoms with Gasteiger partial charge in [0, 0.05) is 0 Å². The van der Waals surface area contributed by atoms with E-state index >= 15 is 0 Å². The standard InChI is InChI=1S/C16H12F2N4O2S/c17-11-5-3-10(4-6-11)9-24-16-19-8-12(18)14(22-16)21-15(23)20-13-2-1-7-25-13/h1-8H,9H2,(H2,19,20,21,22,23). The average molecular weight is 362 g/mol. The molecule has 2 aromatic heterocycles. The van der Waals surface area contributed by atoms with Gasteiger partial charge < -0.3 is 4.74 Å². The first-order valence-corrected chi connectivity index (χ1v) is 7.99. The monoisotopic (exact) mass is 362 g/mol. The molecule has 9 heteroatoms. The molecule has 6 nitrogen and oxygen atoms in total. The Morgan fingerprint density at radius 1 is 1.16 bits per heavy atom. The quantitative estimate of drug-likeness (QED) is 0.718. The number of thiophene rings is 1. The van der Waals surface area contributed by atoms with E-state index in [0.717, 1.165) is 6.20 Å². The van der Waals surface area contributed by atoms with Gasteiger partial charge >= 0.3 is 12.0 Å². The van der Waals surface area contributed by atoms with Crippen LogP contribution in [-0.2, 0) is 6.61 Å². The minimum atomic E-state index is -0.796. The van der Waals surface area contributed by atoms with Crippen LogP contribution in [0.15, 0.2) is 48.0 Å². The molecule has 0 aliphatic heterocycles. The normalized spacial score (nSPS) is 10.3. The smallest absolute Gasteiger partial charge is 0.325 e. The van der Waals surface area contributed by atoms with E-state index < -0.39 is 11.8 Å². The molecule has 0 bridgehead atoms. The molecule has 1 aromatic carbocycles. The number of nitrogens with one attached hydrogen (secondary N) is 2. The van der Waals surface area contributed by atoms with Gasteiger partial charge in [0.25, 0.3) is 0 Å². The van der Waals surface area contributed by atoms with Crippen molar-refractivity contribution in [2.24, 2.45) is 0 Å². The third-order valence-corrected chi connectivity index (χ3v) is 3.78. The number of urea groups is 1. The van der Waals surface area contributed by atoms with Crippen molar-refractivity contribution in [2.45, 2.75) is 6.61 Å². The first-order chi connectivity index (χ1) is 12.1. The SMILES string of the molecule is O=C(Nc1cccs1)Nc1nc(OCc2ccc(F)cc2)ncc1F. The summed E-state index contributed by atoms with van der Waals surface area (Å²) in [5, 5.41) is 7.25. The third-order valence-electron chi connectivity index (χ3n) is 2.99. The van der Waals surface area contributed by atoms with Crippen molar-refractivity contribution in [3.05, 3.63) is 65.2 Å². The van der Waals surface area contributed by atoms with Crippen LogP contribution in [0.2, 0.25) is 0 Å². The van der Waals surface area contributed by atoms with Gasteiger partial charge in [-0.2, -0.15) is 4.98 Å². The van der Waals surface area contributed by atoms with Crippen molar-refractivity contribution in [2.75, 3.05) is 10.6 Å². The molecule has 25 heavy (non-hydrogen) atoms. The van der Waals surface area contributed by atoms with Gasteiger partial charge in [0.1, 0.15) is 12.4 Å². The predicted octanol–water partition coefficient (Wildman–Crippen LogP) is 4.04. The van der Waals surface area contributed by atoms with E-state index in [9.17, 15) is 13.6 Å². The molecule has 2 heterocycles. The van der Waals surface area contributed by atoms with Gasteiger partial charge in [-0.1, -0.05) is 12.1 Å². The second kappa shape index (κ2) is 7.67. The zero-order chi connectivity index (χ0) is 17.6. The number of aromatic nitrogens is 2. The summed E-state index contributed by atoms with van der Waals surface area (Å²) < 4.78 is 31.9. The molecule has 3 rings (SSSR count). The van der Waals surface area contributed by atoms with Gasteiger partial charge in [0.05, 0.1) is 11.2 Å². The maximum absolute atomic E-state index is 13.8. The Labute approximate surface area is 145 Å². The summed E-state index contributed by atoms with van der Waals surface area (Å²) in [7, 11) is 0. The van der Waals surface area contributed by atoms with E-state index in [-0.39, 0.29) is 24.3 Å². The zero-order valence-corrected chi connectivity index (χ0v) is 13.5. The summed E-state index contributed by atoms with van der Waals surface area (Å²) in [4.78, 5) is 19.4. The fourth-order valence-corrected chi connectivity index (χ4v) is 2.45. The van der Waals surface area contributed by atoms with E-state index in [4.69, 9.17) is 4.74 Å². The molecular weight excluding hydrogens is 350 g/mol. The molecule has 0 saturated heterocycles. The molecule has 0 fully saturated rings. The van der Waals surface area contributed by atoms with Crippen molar-refractivity contribution >= 4 is 28.2 Å². The lowest BCUT2D eigenvalue weighted by Gasteiger charge is -2.08. The number of carbonyl (C=O) groups is 1. The molecule has 2 amide bonds. The molecule has 3 aromatic rings. The topological polar surface area (TPSA) is 76.1 Å². The second-order valence-corrected chi connectivity index (χ2v) is 5.77. The molecule has 0 aliphatic carbocycles. The molecule has 0 atom stereocenters. The van der Waals surface area contributed by atoms with Crippen LogP contribution in [0.3, 0.4) is 0 Å². The largest absolute Gasteiger partial charge is 0.459 e. The highest BCUT2D eigenvalue weighted by Crippen LogP contribution is 2.17. The Morgan fingerprint density at radius 2 is 1.96 bits per heavy atom. The number of nitrogens with zero attached hydrogens (tertiary/aromatic N) is 2. The lowest BCUT2D eigenvalue weighted by molar-refractivity contribution is 0.261. The molecule has 0 aliphatic rings. The second-order valence-electron chi connectivity index (χ2n) is 4.82. The minimum absolute atomic E-state index is 0.0761. The first-order valence-electron chi connectivity index (χ1n) is 7.11. The summed E-state index contributed by atoms with van der Waals surface area (Å²) in [6, 6.07) is 8.42. The highest BCUT2D eigenvalue weighted by Gasteiger charge is 2.12. The molecular formula is C16H12F2N4O2S. The Balaban J connectivity index is 1.63. The third kappa shape index (κ3) is 4.70. The van der Waals surface area contributed by atoms with Crippen LogP contribution in [-0.4, -0.2) is 16.0 Å². The van der Waals surface area contributed by atoms with E-state index in [2.05, 4.69) is 20.6 Å². The first kappa shape index (κ1) is 16.8. The van der Waals surface area contributed by atoms with E-state index in [1.54, 1.807) is 29.6 Å². The fraction of sp³-hybridized carbons (Fsp3) is 0.0625. The number of ether oxygens (including phenoxy) is 1. The summed E-state index contributed by atoms with van der Waals surface area (Å²) >= 11 is 1.33. The highest BCUT2D eigenvalue weighted by atomic mass is 32.1. The predicted molar refractivity (Wildman–Crippen MR) is 89.7 cm³/mol. The number of hydrogen-bond acceptors (Lipinski definition) is 5. The Morgan fingerprint density at radius 3 is 2.68 bits per heavy atom. The number of carbonyl (C=O) groups excluding carboxylic acids is 1. The van der Waals surface area contributed by atoms with Crippen LogP contribution in [0, 0.1) is 11.6 Å². The van der Waals surface area contributed by atoms with E-state index in [1.165, 1.54) is 23.5 Å². The summed E-state index contributed by atoms with van der Waals surface area (Å²) in [5.74, 6) is -1.46. The van der Waals surface area contributed by atoms with Gasteiger partial charge in [-0.05, 0) is 35.2 Å². The van der Waals surface area contributed by atoms with Crippen molar-refractivity contribution in [1.29, 1.82) is 0 Å². The van der Waals surface area contributed by atoms with E-state index in [0.29, 0.717) is 10.6 Å². The van der Waals surface area contributed by atoms with Gasteiger partial charge in [0.2, 0.25) is 0 Å². The van der Waals surface area contributed by atoms with Crippen LogP contribution in [0.1, 0.15) is 5.56 Å². The summed E-state index contributed by atoms with van der Waals surface area (Å²) in [6.07, 6.45) is 0.897.